The summed E-state index contributed by atoms with van der Waals surface area (Å²) < 4.78 is 6.83. The van der Waals surface area contributed by atoms with Gasteiger partial charge in [0, 0.05) is 19.3 Å². The van der Waals surface area contributed by atoms with Crippen molar-refractivity contribution < 1.29 is 9.53 Å². The number of methoxy groups -OCH3 is 1. The second-order valence-electron chi connectivity index (χ2n) is 4.32. The van der Waals surface area contributed by atoms with Crippen molar-refractivity contribution in [2.24, 2.45) is 5.73 Å². The Hall–Kier alpha value is -2.34. The number of hydrogen-bond acceptors (Lipinski definition) is 4. The molecule has 0 atom stereocenters. The van der Waals surface area contributed by atoms with Gasteiger partial charge in [0.25, 0.3) is 5.91 Å². The Labute approximate surface area is 117 Å². The minimum atomic E-state index is -0.156. The predicted molar refractivity (Wildman–Crippen MR) is 75.7 cm³/mol. The number of ether oxygens (including phenoxy) is 1. The van der Waals surface area contributed by atoms with Crippen molar-refractivity contribution in [2.75, 3.05) is 20.2 Å². The fourth-order valence-corrected chi connectivity index (χ4v) is 1.77. The van der Waals surface area contributed by atoms with Gasteiger partial charge in [-0.1, -0.05) is 12.1 Å². The molecule has 0 fully saturated rings. The third kappa shape index (κ3) is 3.58. The molecule has 6 heteroatoms. The Balaban J connectivity index is 1.99. The van der Waals surface area contributed by atoms with Crippen molar-refractivity contribution in [3.8, 4) is 5.75 Å². The highest BCUT2D eigenvalue weighted by atomic mass is 16.5. The number of nitrogens with zero attached hydrogens (tertiary/aromatic N) is 2. The molecule has 2 rings (SSSR count). The summed E-state index contributed by atoms with van der Waals surface area (Å²) in [6.45, 7) is 1.49. The van der Waals surface area contributed by atoms with Crippen LogP contribution < -0.4 is 15.8 Å². The first-order chi connectivity index (χ1) is 9.72. The van der Waals surface area contributed by atoms with E-state index in [0.717, 1.165) is 11.3 Å². The van der Waals surface area contributed by atoms with Crippen molar-refractivity contribution in [3.63, 3.8) is 0 Å². The molecule has 0 unspecified atom stereocenters. The van der Waals surface area contributed by atoms with Crippen LogP contribution in [0.5, 0.6) is 5.75 Å². The molecular formula is C14H18N4O2. The van der Waals surface area contributed by atoms with Crippen LogP contribution >= 0.6 is 0 Å². The first-order valence-electron chi connectivity index (χ1n) is 6.36. The molecule has 0 radical (unpaired) electrons. The van der Waals surface area contributed by atoms with Gasteiger partial charge in [-0.15, -0.1) is 0 Å². The molecule has 1 heterocycles. The lowest BCUT2D eigenvalue weighted by molar-refractivity contribution is 0.0954. The Morgan fingerprint density at radius 3 is 2.80 bits per heavy atom. The number of rotatable bonds is 6. The van der Waals surface area contributed by atoms with Crippen LogP contribution in [-0.4, -0.2) is 35.9 Å². The highest BCUT2D eigenvalue weighted by Crippen LogP contribution is 2.12. The Kier molecular flexibility index (Phi) is 4.73. The van der Waals surface area contributed by atoms with E-state index in [9.17, 15) is 4.79 Å². The van der Waals surface area contributed by atoms with Gasteiger partial charge in [-0.25, -0.2) is 0 Å². The standard InChI is InChI=1S/C14H18N4O2/c1-20-13-4-2-11(3-5-13)9-18-10-12(8-17-18)14(19)16-7-6-15/h2-5,8,10H,6-7,9,15H2,1H3,(H,16,19). The quantitative estimate of drug-likeness (QED) is 0.809. The van der Waals surface area contributed by atoms with Crippen LogP contribution in [0.4, 0.5) is 0 Å². The van der Waals surface area contributed by atoms with E-state index in [-0.39, 0.29) is 5.91 Å². The van der Waals surface area contributed by atoms with Crippen LogP contribution in [-0.2, 0) is 6.54 Å². The van der Waals surface area contributed by atoms with Crippen molar-refractivity contribution in [1.29, 1.82) is 0 Å². The Morgan fingerprint density at radius 2 is 2.15 bits per heavy atom. The molecule has 2 aromatic rings. The molecule has 0 saturated carbocycles. The Bertz CT molecular complexity index is 563. The van der Waals surface area contributed by atoms with Gasteiger partial charge in [-0.2, -0.15) is 5.10 Å². The van der Waals surface area contributed by atoms with Gasteiger partial charge >= 0.3 is 0 Å². The first-order valence-corrected chi connectivity index (χ1v) is 6.36. The van der Waals surface area contributed by atoms with Crippen LogP contribution in [0.1, 0.15) is 15.9 Å². The minimum Gasteiger partial charge on any atom is -0.497 e. The second-order valence-corrected chi connectivity index (χ2v) is 4.32. The molecule has 0 saturated heterocycles. The smallest absolute Gasteiger partial charge is 0.254 e. The molecule has 1 aromatic heterocycles. The average Bonchev–Trinajstić information content (AvgIpc) is 2.94. The SMILES string of the molecule is COc1ccc(Cn2cc(C(=O)NCCN)cn2)cc1. The molecule has 0 bridgehead atoms. The topological polar surface area (TPSA) is 82.2 Å². The first kappa shape index (κ1) is 14.1. The zero-order chi connectivity index (χ0) is 14.4. The number of carbonyl (C=O) groups is 1. The molecule has 1 amide bonds. The van der Waals surface area contributed by atoms with Gasteiger partial charge in [-0.05, 0) is 17.7 Å². The highest BCUT2D eigenvalue weighted by molar-refractivity contribution is 5.93. The fourth-order valence-electron chi connectivity index (χ4n) is 1.77. The molecule has 1 aromatic carbocycles. The molecule has 0 aliphatic rings. The number of amides is 1. The number of hydrogen-bond donors (Lipinski definition) is 2. The second kappa shape index (κ2) is 6.72. The maximum Gasteiger partial charge on any atom is 0.254 e. The maximum atomic E-state index is 11.7. The molecule has 106 valence electrons. The third-order valence-corrected chi connectivity index (χ3v) is 2.83. The van der Waals surface area contributed by atoms with Crippen LogP contribution in [0.3, 0.4) is 0 Å². The van der Waals surface area contributed by atoms with Crippen molar-refractivity contribution in [3.05, 3.63) is 47.8 Å². The zero-order valence-electron chi connectivity index (χ0n) is 11.4. The lowest BCUT2D eigenvalue weighted by Crippen LogP contribution is -2.28. The highest BCUT2D eigenvalue weighted by Gasteiger charge is 2.07. The summed E-state index contributed by atoms with van der Waals surface area (Å²) in [4.78, 5) is 11.7. The monoisotopic (exact) mass is 274 g/mol. The third-order valence-electron chi connectivity index (χ3n) is 2.83. The van der Waals surface area contributed by atoms with E-state index in [2.05, 4.69) is 10.4 Å². The lowest BCUT2D eigenvalue weighted by atomic mass is 10.2. The molecule has 3 N–H and O–H groups in total. The van der Waals surface area contributed by atoms with Crippen LogP contribution in [0.2, 0.25) is 0 Å². The van der Waals surface area contributed by atoms with E-state index in [4.69, 9.17) is 10.5 Å². The number of benzene rings is 1. The molecule has 6 nitrogen and oxygen atoms in total. The van der Waals surface area contributed by atoms with Gasteiger partial charge in [0.2, 0.25) is 0 Å². The summed E-state index contributed by atoms with van der Waals surface area (Å²) in [6.07, 6.45) is 3.27. The number of carbonyl (C=O) groups excluding carboxylic acids is 1. The van der Waals surface area contributed by atoms with Crippen LogP contribution in [0.15, 0.2) is 36.7 Å². The van der Waals surface area contributed by atoms with Crippen molar-refractivity contribution in [1.82, 2.24) is 15.1 Å². The summed E-state index contributed by atoms with van der Waals surface area (Å²) in [5, 5.41) is 6.88. The summed E-state index contributed by atoms with van der Waals surface area (Å²) in [5.74, 6) is 0.660. The van der Waals surface area contributed by atoms with Crippen molar-refractivity contribution in [2.45, 2.75) is 6.54 Å². The van der Waals surface area contributed by atoms with E-state index >= 15 is 0 Å². The summed E-state index contributed by atoms with van der Waals surface area (Å²) >= 11 is 0. The number of nitrogens with two attached hydrogens (primary N) is 1. The van der Waals surface area contributed by atoms with Gasteiger partial charge in [-0.3, -0.25) is 9.48 Å². The molecular weight excluding hydrogens is 256 g/mol. The molecule has 0 aliphatic heterocycles. The van der Waals surface area contributed by atoms with Gasteiger partial charge in [0.15, 0.2) is 0 Å². The Morgan fingerprint density at radius 1 is 1.40 bits per heavy atom. The molecule has 0 spiro atoms. The van der Waals surface area contributed by atoms with E-state index < -0.39 is 0 Å². The van der Waals surface area contributed by atoms with E-state index in [1.165, 1.54) is 0 Å². The van der Waals surface area contributed by atoms with Crippen LogP contribution in [0, 0.1) is 0 Å². The summed E-state index contributed by atoms with van der Waals surface area (Å²) in [7, 11) is 1.63. The van der Waals surface area contributed by atoms with Crippen molar-refractivity contribution >= 4 is 5.91 Å². The summed E-state index contributed by atoms with van der Waals surface area (Å²) in [6, 6.07) is 7.73. The maximum absolute atomic E-state index is 11.7. The summed E-state index contributed by atoms with van der Waals surface area (Å²) in [5.41, 5.74) is 6.96. The lowest BCUT2D eigenvalue weighted by Gasteiger charge is -2.04. The van der Waals surface area contributed by atoms with Gasteiger partial charge in [0.05, 0.1) is 25.4 Å². The minimum absolute atomic E-state index is 0.156. The predicted octanol–water partition coefficient (Wildman–Crippen LogP) is 0.628. The van der Waals surface area contributed by atoms with Gasteiger partial charge in [0.1, 0.15) is 5.75 Å². The van der Waals surface area contributed by atoms with E-state index in [1.807, 2.05) is 24.3 Å². The zero-order valence-corrected chi connectivity index (χ0v) is 11.4. The van der Waals surface area contributed by atoms with Gasteiger partial charge < -0.3 is 15.8 Å². The number of aromatic nitrogens is 2. The average molecular weight is 274 g/mol. The van der Waals surface area contributed by atoms with E-state index in [0.29, 0.717) is 25.2 Å². The molecule has 0 aliphatic carbocycles. The van der Waals surface area contributed by atoms with Crippen LogP contribution in [0.25, 0.3) is 0 Å². The normalized spacial score (nSPS) is 10.3. The molecule has 20 heavy (non-hydrogen) atoms. The number of nitrogens with one attached hydrogen (secondary N) is 1. The fraction of sp³-hybridized carbons (Fsp3) is 0.286. The largest absolute Gasteiger partial charge is 0.497 e. The van der Waals surface area contributed by atoms with E-state index in [1.54, 1.807) is 24.2 Å².